The molecule has 0 heterocycles. The third-order valence-electron chi connectivity index (χ3n) is 3.07. The van der Waals surface area contributed by atoms with Gasteiger partial charge in [0.25, 0.3) is 0 Å². The Hall–Kier alpha value is -1.84. The Morgan fingerprint density at radius 3 is 2.20 bits per heavy atom. The van der Waals surface area contributed by atoms with Gasteiger partial charge in [0.1, 0.15) is 12.4 Å². The summed E-state index contributed by atoms with van der Waals surface area (Å²) in [5.74, 6) is 0.879. The number of rotatable bonds is 8. The van der Waals surface area contributed by atoms with Gasteiger partial charge in [-0.15, -0.1) is 0 Å². The van der Waals surface area contributed by atoms with Crippen molar-refractivity contribution < 1.29 is 9.47 Å². The van der Waals surface area contributed by atoms with Gasteiger partial charge in [-0.05, 0) is 24.7 Å². The van der Waals surface area contributed by atoms with Gasteiger partial charge in [-0.2, -0.15) is 0 Å². The highest BCUT2D eigenvalue weighted by atomic mass is 16.5. The lowest BCUT2D eigenvalue weighted by Crippen LogP contribution is -2.23. The molecule has 0 spiro atoms. The number of ether oxygens (including phenoxy) is 2. The van der Waals surface area contributed by atoms with Crippen molar-refractivity contribution in [2.45, 2.75) is 6.04 Å². The minimum Gasteiger partial charge on any atom is -0.491 e. The highest BCUT2D eigenvalue weighted by molar-refractivity contribution is 5.21. The molecule has 1 N–H and O–H groups in total. The van der Waals surface area contributed by atoms with E-state index in [1.165, 1.54) is 5.56 Å². The van der Waals surface area contributed by atoms with Crippen molar-refractivity contribution in [2.75, 3.05) is 26.9 Å². The fraction of sp³-hybridized carbons (Fsp3) is 0.294. The fourth-order valence-electron chi connectivity index (χ4n) is 1.97. The SMILES string of the molecule is CNC(COCCOc1ccccc1)c1ccccc1. The Labute approximate surface area is 120 Å². The second-order valence-corrected chi connectivity index (χ2v) is 4.49. The molecule has 0 radical (unpaired) electrons. The highest BCUT2D eigenvalue weighted by Crippen LogP contribution is 2.12. The summed E-state index contributed by atoms with van der Waals surface area (Å²) in [5.41, 5.74) is 1.24. The second kappa shape index (κ2) is 8.35. The number of hydrogen-bond acceptors (Lipinski definition) is 3. The van der Waals surface area contributed by atoms with Crippen LogP contribution in [0.25, 0.3) is 0 Å². The largest absolute Gasteiger partial charge is 0.491 e. The average Bonchev–Trinajstić information content (AvgIpc) is 2.53. The second-order valence-electron chi connectivity index (χ2n) is 4.49. The summed E-state index contributed by atoms with van der Waals surface area (Å²) in [6.07, 6.45) is 0. The lowest BCUT2D eigenvalue weighted by molar-refractivity contribution is 0.0848. The van der Waals surface area contributed by atoms with E-state index in [0.717, 1.165) is 5.75 Å². The Morgan fingerprint density at radius 2 is 1.55 bits per heavy atom. The lowest BCUT2D eigenvalue weighted by atomic mass is 10.1. The highest BCUT2D eigenvalue weighted by Gasteiger charge is 2.08. The molecule has 0 fully saturated rings. The van der Waals surface area contributed by atoms with Crippen LogP contribution in [0.15, 0.2) is 60.7 Å². The normalized spacial score (nSPS) is 12.1. The average molecular weight is 271 g/mol. The first-order valence-electron chi connectivity index (χ1n) is 6.88. The molecule has 106 valence electrons. The van der Waals surface area contributed by atoms with E-state index in [9.17, 15) is 0 Å². The van der Waals surface area contributed by atoms with Crippen molar-refractivity contribution in [2.24, 2.45) is 0 Å². The first-order valence-corrected chi connectivity index (χ1v) is 6.88. The third-order valence-corrected chi connectivity index (χ3v) is 3.07. The van der Waals surface area contributed by atoms with Crippen LogP contribution in [-0.4, -0.2) is 26.9 Å². The smallest absolute Gasteiger partial charge is 0.119 e. The van der Waals surface area contributed by atoms with E-state index in [4.69, 9.17) is 9.47 Å². The lowest BCUT2D eigenvalue weighted by Gasteiger charge is -2.16. The molecular weight excluding hydrogens is 250 g/mol. The van der Waals surface area contributed by atoms with Gasteiger partial charge in [0.2, 0.25) is 0 Å². The van der Waals surface area contributed by atoms with Crippen LogP contribution in [-0.2, 0) is 4.74 Å². The number of para-hydroxylation sites is 1. The molecule has 2 rings (SSSR count). The minimum atomic E-state index is 0.216. The standard InChI is InChI=1S/C17H21NO2/c1-18-17(15-8-4-2-5-9-15)14-19-12-13-20-16-10-6-3-7-11-16/h2-11,17-18H,12-14H2,1H3. The van der Waals surface area contributed by atoms with Crippen LogP contribution in [0.4, 0.5) is 0 Å². The molecule has 3 nitrogen and oxygen atoms in total. The molecule has 0 bridgehead atoms. The third kappa shape index (κ3) is 4.68. The van der Waals surface area contributed by atoms with Gasteiger partial charge < -0.3 is 14.8 Å². The zero-order valence-corrected chi connectivity index (χ0v) is 11.8. The maximum absolute atomic E-state index is 5.68. The molecule has 0 saturated carbocycles. The first kappa shape index (κ1) is 14.6. The van der Waals surface area contributed by atoms with Crippen LogP contribution in [0, 0.1) is 0 Å². The molecule has 1 unspecified atom stereocenters. The van der Waals surface area contributed by atoms with Crippen LogP contribution < -0.4 is 10.1 Å². The van der Waals surface area contributed by atoms with E-state index >= 15 is 0 Å². The molecule has 20 heavy (non-hydrogen) atoms. The van der Waals surface area contributed by atoms with Crippen molar-refractivity contribution in [3.05, 3.63) is 66.2 Å². The van der Waals surface area contributed by atoms with Gasteiger partial charge >= 0.3 is 0 Å². The molecule has 3 heteroatoms. The Balaban J connectivity index is 1.67. The summed E-state index contributed by atoms with van der Waals surface area (Å²) in [6, 6.07) is 20.3. The number of benzene rings is 2. The predicted octanol–water partition coefficient (Wildman–Crippen LogP) is 3.04. The fourth-order valence-corrected chi connectivity index (χ4v) is 1.97. The van der Waals surface area contributed by atoms with Gasteiger partial charge in [0.15, 0.2) is 0 Å². The van der Waals surface area contributed by atoms with Crippen molar-refractivity contribution in [3.63, 3.8) is 0 Å². The molecular formula is C17H21NO2. The van der Waals surface area contributed by atoms with Gasteiger partial charge in [-0.25, -0.2) is 0 Å². The molecule has 0 aromatic heterocycles. The van der Waals surface area contributed by atoms with E-state index in [0.29, 0.717) is 19.8 Å². The summed E-state index contributed by atoms with van der Waals surface area (Å²) in [6.45, 7) is 1.79. The van der Waals surface area contributed by atoms with Gasteiger partial charge in [-0.1, -0.05) is 48.5 Å². The maximum Gasteiger partial charge on any atom is 0.119 e. The number of likely N-dealkylation sites (N-methyl/N-ethyl adjacent to an activating group) is 1. The van der Waals surface area contributed by atoms with E-state index in [1.54, 1.807) is 0 Å². The maximum atomic E-state index is 5.68. The molecule has 0 aliphatic rings. The quantitative estimate of drug-likeness (QED) is 0.749. The zero-order chi connectivity index (χ0) is 14.0. The van der Waals surface area contributed by atoms with Crippen LogP contribution in [0.1, 0.15) is 11.6 Å². The molecule has 0 saturated heterocycles. The molecule has 2 aromatic rings. The number of hydrogen-bond donors (Lipinski definition) is 1. The van der Waals surface area contributed by atoms with Gasteiger partial charge in [0, 0.05) is 0 Å². The summed E-state index contributed by atoms with van der Waals surface area (Å²) in [4.78, 5) is 0. The summed E-state index contributed by atoms with van der Waals surface area (Å²) >= 11 is 0. The molecule has 0 amide bonds. The van der Waals surface area contributed by atoms with Crippen LogP contribution >= 0.6 is 0 Å². The predicted molar refractivity (Wildman–Crippen MR) is 81.0 cm³/mol. The monoisotopic (exact) mass is 271 g/mol. The van der Waals surface area contributed by atoms with Gasteiger partial charge in [-0.3, -0.25) is 0 Å². The summed E-state index contributed by atoms with van der Waals surface area (Å²) in [5, 5.41) is 3.26. The summed E-state index contributed by atoms with van der Waals surface area (Å²) in [7, 11) is 1.95. The van der Waals surface area contributed by atoms with Gasteiger partial charge in [0.05, 0.1) is 19.3 Å². The van der Waals surface area contributed by atoms with E-state index in [2.05, 4.69) is 17.4 Å². The first-order chi connectivity index (χ1) is 9.90. The van der Waals surface area contributed by atoms with Crippen LogP contribution in [0.3, 0.4) is 0 Å². The van der Waals surface area contributed by atoms with E-state index in [-0.39, 0.29) is 6.04 Å². The van der Waals surface area contributed by atoms with Crippen LogP contribution in [0.5, 0.6) is 5.75 Å². The van der Waals surface area contributed by atoms with Crippen molar-refractivity contribution >= 4 is 0 Å². The van der Waals surface area contributed by atoms with Crippen molar-refractivity contribution in [3.8, 4) is 5.75 Å². The molecule has 1 atom stereocenters. The zero-order valence-electron chi connectivity index (χ0n) is 11.8. The van der Waals surface area contributed by atoms with E-state index in [1.807, 2.05) is 55.6 Å². The topological polar surface area (TPSA) is 30.5 Å². The molecule has 0 aliphatic carbocycles. The van der Waals surface area contributed by atoms with Crippen molar-refractivity contribution in [1.29, 1.82) is 0 Å². The Bertz CT molecular complexity index is 473. The summed E-state index contributed by atoms with van der Waals surface area (Å²) < 4.78 is 11.3. The molecule has 0 aliphatic heterocycles. The van der Waals surface area contributed by atoms with Crippen molar-refractivity contribution in [1.82, 2.24) is 5.32 Å². The Morgan fingerprint density at radius 1 is 0.900 bits per heavy atom. The minimum absolute atomic E-state index is 0.216. The molecule has 2 aromatic carbocycles. The van der Waals surface area contributed by atoms with E-state index < -0.39 is 0 Å². The van der Waals surface area contributed by atoms with Crippen LogP contribution in [0.2, 0.25) is 0 Å². The number of nitrogens with one attached hydrogen (secondary N) is 1. The Kier molecular flexibility index (Phi) is 6.08.